The lowest BCUT2D eigenvalue weighted by molar-refractivity contribution is -0.150. The van der Waals surface area contributed by atoms with E-state index in [4.69, 9.17) is 9.47 Å². The van der Waals surface area contributed by atoms with Crippen LogP contribution in [0.1, 0.15) is 26.2 Å². The highest BCUT2D eigenvalue weighted by Gasteiger charge is 2.16. The number of nitrogens with one attached hydrogen (secondary N) is 1. The highest BCUT2D eigenvalue weighted by Crippen LogP contribution is 2.02. The molecule has 0 aromatic carbocycles. The molecule has 4 nitrogen and oxygen atoms in total. The van der Waals surface area contributed by atoms with E-state index in [1.54, 1.807) is 0 Å². The Balaban J connectivity index is 1.96. The van der Waals surface area contributed by atoms with Crippen LogP contribution in [0.15, 0.2) is 0 Å². The van der Waals surface area contributed by atoms with Crippen molar-refractivity contribution in [2.24, 2.45) is 0 Å². The standard InChI is InChI=1S/C10H19NO3/c1-2-3-6-13-10(12)8-14-9-4-5-11-7-9/h9,11H,2-8H2,1H3. The SMILES string of the molecule is CCCCOC(=O)COC1CCNC1. The fraction of sp³-hybridized carbons (Fsp3) is 0.900. The van der Waals surface area contributed by atoms with Gasteiger partial charge in [0.15, 0.2) is 0 Å². The molecule has 1 aliphatic rings. The van der Waals surface area contributed by atoms with Crippen molar-refractivity contribution in [3.63, 3.8) is 0 Å². The van der Waals surface area contributed by atoms with Crippen molar-refractivity contribution >= 4 is 5.97 Å². The molecule has 14 heavy (non-hydrogen) atoms. The summed E-state index contributed by atoms with van der Waals surface area (Å²) in [6.45, 7) is 4.50. The van der Waals surface area contributed by atoms with Crippen LogP contribution in [-0.2, 0) is 14.3 Å². The Hall–Kier alpha value is -0.610. The van der Waals surface area contributed by atoms with Gasteiger partial charge in [0, 0.05) is 6.54 Å². The lowest BCUT2D eigenvalue weighted by Crippen LogP contribution is -2.22. The molecule has 0 bridgehead atoms. The van der Waals surface area contributed by atoms with Crippen molar-refractivity contribution in [3.05, 3.63) is 0 Å². The van der Waals surface area contributed by atoms with Crippen molar-refractivity contribution in [2.45, 2.75) is 32.3 Å². The van der Waals surface area contributed by atoms with Gasteiger partial charge in [0.2, 0.25) is 0 Å². The molecule has 1 heterocycles. The number of carbonyl (C=O) groups excluding carboxylic acids is 1. The number of hydrogen-bond acceptors (Lipinski definition) is 4. The van der Waals surface area contributed by atoms with Crippen LogP contribution in [0.5, 0.6) is 0 Å². The number of esters is 1. The van der Waals surface area contributed by atoms with E-state index in [9.17, 15) is 4.79 Å². The van der Waals surface area contributed by atoms with Gasteiger partial charge in [0.25, 0.3) is 0 Å². The molecule has 4 heteroatoms. The molecule has 1 rings (SSSR count). The summed E-state index contributed by atoms with van der Waals surface area (Å²) in [7, 11) is 0. The first-order valence-electron chi connectivity index (χ1n) is 5.31. The Morgan fingerprint density at radius 1 is 1.57 bits per heavy atom. The summed E-state index contributed by atoms with van der Waals surface area (Å²) in [5.41, 5.74) is 0. The van der Waals surface area contributed by atoms with Gasteiger partial charge in [0.05, 0.1) is 12.7 Å². The van der Waals surface area contributed by atoms with Gasteiger partial charge in [-0.25, -0.2) is 4.79 Å². The third-order valence-electron chi connectivity index (χ3n) is 2.21. The minimum absolute atomic E-state index is 0.0933. The fourth-order valence-corrected chi connectivity index (χ4v) is 1.33. The van der Waals surface area contributed by atoms with Gasteiger partial charge in [-0.1, -0.05) is 13.3 Å². The molecular weight excluding hydrogens is 182 g/mol. The average Bonchev–Trinajstić information content (AvgIpc) is 2.68. The van der Waals surface area contributed by atoms with Crippen molar-refractivity contribution in [1.29, 1.82) is 0 Å². The first-order valence-corrected chi connectivity index (χ1v) is 5.31. The molecule has 1 fully saturated rings. The molecule has 1 saturated heterocycles. The summed E-state index contributed by atoms with van der Waals surface area (Å²) in [6.07, 6.45) is 3.15. The van der Waals surface area contributed by atoms with Crippen LogP contribution in [0.3, 0.4) is 0 Å². The molecule has 82 valence electrons. The summed E-state index contributed by atoms with van der Waals surface area (Å²) < 4.78 is 10.3. The predicted molar refractivity (Wildman–Crippen MR) is 53.1 cm³/mol. The van der Waals surface area contributed by atoms with Gasteiger partial charge in [-0.3, -0.25) is 0 Å². The smallest absolute Gasteiger partial charge is 0.332 e. The van der Waals surface area contributed by atoms with Crippen LogP contribution in [0, 0.1) is 0 Å². The van der Waals surface area contributed by atoms with Crippen LogP contribution in [0.2, 0.25) is 0 Å². The maximum atomic E-state index is 11.1. The topological polar surface area (TPSA) is 47.6 Å². The lowest BCUT2D eigenvalue weighted by Gasteiger charge is -2.09. The van der Waals surface area contributed by atoms with E-state index in [-0.39, 0.29) is 18.7 Å². The zero-order chi connectivity index (χ0) is 10.2. The molecule has 1 atom stereocenters. The minimum Gasteiger partial charge on any atom is -0.464 e. The fourth-order valence-electron chi connectivity index (χ4n) is 1.33. The number of rotatable bonds is 6. The monoisotopic (exact) mass is 201 g/mol. The van der Waals surface area contributed by atoms with Crippen LogP contribution < -0.4 is 5.32 Å². The normalized spacial score (nSPS) is 21.1. The zero-order valence-corrected chi connectivity index (χ0v) is 8.75. The Kier molecular flexibility index (Phi) is 5.56. The molecule has 0 aromatic rings. The van der Waals surface area contributed by atoms with Crippen LogP contribution >= 0.6 is 0 Å². The first kappa shape index (κ1) is 11.5. The molecule has 1 unspecified atom stereocenters. The molecule has 0 aromatic heterocycles. The molecule has 1 N–H and O–H groups in total. The van der Waals surface area contributed by atoms with Gasteiger partial charge in [0.1, 0.15) is 6.61 Å². The molecule has 0 radical (unpaired) electrons. The van der Waals surface area contributed by atoms with Crippen molar-refractivity contribution in [1.82, 2.24) is 5.32 Å². The zero-order valence-electron chi connectivity index (χ0n) is 8.75. The molecule has 0 amide bonds. The predicted octanol–water partition coefficient (Wildman–Crippen LogP) is 0.708. The lowest BCUT2D eigenvalue weighted by atomic mass is 10.3. The summed E-state index contributed by atoms with van der Waals surface area (Å²) in [6, 6.07) is 0. The third kappa shape index (κ3) is 4.58. The Morgan fingerprint density at radius 2 is 2.43 bits per heavy atom. The van der Waals surface area contributed by atoms with E-state index in [1.807, 2.05) is 0 Å². The molecule has 0 saturated carbocycles. The number of hydrogen-bond donors (Lipinski definition) is 1. The van der Waals surface area contributed by atoms with Crippen LogP contribution in [0.25, 0.3) is 0 Å². The van der Waals surface area contributed by atoms with Crippen molar-refractivity contribution in [3.8, 4) is 0 Å². The van der Waals surface area contributed by atoms with Gasteiger partial charge >= 0.3 is 5.97 Å². The highest BCUT2D eigenvalue weighted by molar-refractivity contribution is 5.70. The first-order chi connectivity index (χ1) is 6.83. The van der Waals surface area contributed by atoms with Crippen LogP contribution in [0.4, 0.5) is 0 Å². The molecule has 0 spiro atoms. The Morgan fingerprint density at radius 3 is 3.07 bits per heavy atom. The van der Waals surface area contributed by atoms with Gasteiger partial charge in [-0.2, -0.15) is 0 Å². The number of unbranched alkanes of at least 4 members (excludes halogenated alkanes) is 1. The number of carbonyl (C=O) groups is 1. The highest BCUT2D eigenvalue weighted by atomic mass is 16.6. The summed E-state index contributed by atoms with van der Waals surface area (Å²) in [5.74, 6) is -0.245. The molecule has 0 aliphatic carbocycles. The average molecular weight is 201 g/mol. The second-order valence-corrected chi connectivity index (χ2v) is 3.50. The largest absolute Gasteiger partial charge is 0.464 e. The van der Waals surface area contributed by atoms with Gasteiger partial charge in [-0.15, -0.1) is 0 Å². The third-order valence-corrected chi connectivity index (χ3v) is 2.21. The Labute approximate surface area is 85.0 Å². The van der Waals surface area contributed by atoms with E-state index in [2.05, 4.69) is 12.2 Å². The second kappa shape index (κ2) is 6.79. The van der Waals surface area contributed by atoms with Crippen molar-refractivity contribution < 1.29 is 14.3 Å². The van der Waals surface area contributed by atoms with Gasteiger partial charge < -0.3 is 14.8 Å². The quantitative estimate of drug-likeness (QED) is 0.508. The summed E-state index contributed by atoms with van der Waals surface area (Å²) in [4.78, 5) is 11.1. The maximum absolute atomic E-state index is 11.1. The Bertz CT molecular complexity index is 167. The number of ether oxygens (including phenoxy) is 2. The second-order valence-electron chi connectivity index (χ2n) is 3.50. The van der Waals surface area contributed by atoms with E-state index < -0.39 is 0 Å². The van der Waals surface area contributed by atoms with E-state index in [0.717, 1.165) is 32.4 Å². The van der Waals surface area contributed by atoms with Crippen LogP contribution in [-0.4, -0.2) is 38.4 Å². The van der Waals surface area contributed by atoms with E-state index in [0.29, 0.717) is 6.61 Å². The van der Waals surface area contributed by atoms with Gasteiger partial charge in [-0.05, 0) is 19.4 Å². The minimum atomic E-state index is -0.245. The summed E-state index contributed by atoms with van der Waals surface area (Å²) >= 11 is 0. The van der Waals surface area contributed by atoms with E-state index in [1.165, 1.54) is 0 Å². The van der Waals surface area contributed by atoms with E-state index >= 15 is 0 Å². The van der Waals surface area contributed by atoms with Crippen molar-refractivity contribution in [2.75, 3.05) is 26.3 Å². The maximum Gasteiger partial charge on any atom is 0.332 e. The molecule has 1 aliphatic heterocycles. The molecular formula is C10H19NO3. The summed E-state index contributed by atoms with van der Waals surface area (Å²) in [5, 5.41) is 3.17.